The molecule has 0 spiro atoms. The first-order valence-electron chi connectivity index (χ1n) is 4.11. The third-order valence-corrected chi connectivity index (χ3v) is 4.37. The standard InChI is InChI=1S/C8H10Br2O2/c1-12-8(11)5-2-3-6(9)7(10)4-5/h2,6-7H,3-4H2,1H3/i2D. The van der Waals surface area contributed by atoms with E-state index >= 15 is 0 Å². The number of rotatable bonds is 1. The van der Waals surface area contributed by atoms with Gasteiger partial charge in [0, 0.05) is 15.2 Å². The third-order valence-electron chi connectivity index (χ3n) is 1.73. The average Bonchev–Trinajstić information content (AvgIpc) is 2.10. The fourth-order valence-corrected chi connectivity index (χ4v) is 1.88. The topological polar surface area (TPSA) is 26.3 Å². The fraction of sp³-hybridized carbons (Fsp3) is 0.625. The largest absolute Gasteiger partial charge is 0.466 e. The predicted molar refractivity (Wildman–Crippen MR) is 54.8 cm³/mol. The van der Waals surface area contributed by atoms with Gasteiger partial charge in [0.15, 0.2) is 0 Å². The van der Waals surface area contributed by atoms with E-state index in [1.54, 1.807) is 0 Å². The van der Waals surface area contributed by atoms with Gasteiger partial charge in [0.25, 0.3) is 0 Å². The Balaban J connectivity index is 2.83. The van der Waals surface area contributed by atoms with E-state index in [0.717, 1.165) is 0 Å². The average molecular weight is 299 g/mol. The lowest BCUT2D eigenvalue weighted by atomic mass is 10.00. The van der Waals surface area contributed by atoms with Crippen molar-refractivity contribution in [3.8, 4) is 0 Å². The van der Waals surface area contributed by atoms with E-state index in [0.29, 0.717) is 24.5 Å². The summed E-state index contributed by atoms with van der Waals surface area (Å²) in [6.07, 6.45) is 1.13. The summed E-state index contributed by atoms with van der Waals surface area (Å²) in [6, 6.07) is 0.379. The van der Waals surface area contributed by atoms with Gasteiger partial charge in [0.05, 0.1) is 8.48 Å². The second-order valence-corrected chi connectivity index (χ2v) is 4.94. The molecular formula is C8H10Br2O2. The lowest BCUT2D eigenvalue weighted by Gasteiger charge is -2.21. The number of halogens is 2. The molecule has 0 fully saturated rings. The Labute approximate surface area is 90.0 Å². The van der Waals surface area contributed by atoms with E-state index in [2.05, 4.69) is 36.6 Å². The Kier molecular flexibility index (Phi) is 3.22. The smallest absolute Gasteiger partial charge is 0.333 e. The van der Waals surface area contributed by atoms with Crippen molar-refractivity contribution >= 4 is 37.8 Å². The van der Waals surface area contributed by atoms with Gasteiger partial charge in [-0.15, -0.1) is 0 Å². The van der Waals surface area contributed by atoms with E-state index in [4.69, 9.17) is 1.37 Å². The summed E-state index contributed by atoms with van der Waals surface area (Å²) in [5.41, 5.74) is 0.486. The first-order valence-corrected chi connectivity index (χ1v) is 5.44. The number of ether oxygens (including phenoxy) is 1. The molecule has 0 N–H and O–H groups in total. The lowest BCUT2D eigenvalue weighted by molar-refractivity contribution is -0.136. The Morgan fingerprint density at radius 1 is 1.75 bits per heavy atom. The second kappa shape index (κ2) is 4.42. The zero-order valence-electron chi connectivity index (χ0n) is 7.64. The van der Waals surface area contributed by atoms with Gasteiger partial charge in [-0.05, 0) is 12.8 Å². The van der Waals surface area contributed by atoms with Crippen molar-refractivity contribution in [2.24, 2.45) is 0 Å². The summed E-state index contributed by atoms with van der Waals surface area (Å²) in [5.74, 6) is -0.381. The Bertz CT molecular complexity index is 253. The molecule has 0 heterocycles. The van der Waals surface area contributed by atoms with Crippen LogP contribution in [0.4, 0.5) is 0 Å². The highest BCUT2D eigenvalue weighted by Gasteiger charge is 2.24. The van der Waals surface area contributed by atoms with Crippen LogP contribution in [0.1, 0.15) is 14.2 Å². The maximum atomic E-state index is 11.2. The first-order chi connectivity index (χ1) is 6.06. The van der Waals surface area contributed by atoms with Crippen LogP contribution in [0.3, 0.4) is 0 Å². The molecule has 1 rings (SSSR count). The lowest BCUT2D eigenvalue weighted by Crippen LogP contribution is -2.22. The van der Waals surface area contributed by atoms with Gasteiger partial charge in [-0.25, -0.2) is 4.79 Å². The van der Waals surface area contributed by atoms with E-state index in [-0.39, 0.29) is 15.6 Å². The van der Waals surface area contributed by atoms with Gasteiger partial charge in [0.1, 0.15) is 0 Å². The maximum absolute atomic E-state index is 11.2. The minimum absolute atomic E-state index is 0.204. The molecule has 1 aliphatic carbocycles. The SMILES string of the molecule is [2H]C1=C(C(=O)OC)CC(Br)C(Br)C1. The number of allylic oxidation sites excluding steroid dienone is 1. The minimum atomic E-state index is -0.381. The predicted octanol–water partition coefficient (Wildman–Crippen LogP) is 2.41. The van der Waals surface area contributed by atoms with Crippen molar-refractivity contribution in [2.45, 2.75) is 22.5 Å². The quantitative estimate of drug-likeness (QED) is 0.549. The number of esters is 1. The summed E-state index contributed by atoms with van der Waals surface area (Å²) in [7, 11) is 1.34. The van der Waals surface area contributed by atoms with Crippen molar-refractivity contribution in [1.29, 1.82) is 0 Å². The number of carbonyl (C=O) groups is 1. The molecule has 0 aromatic heterocycles. The number of hydrogen-bond acceptors (Lipinski definition) is 2. The summed E-state index contributed by atoms with van der Waals surface area (Å²) in [4.78, 5) is 11.6. The monoisotopic (exact) mass is 297 g/mol. The van der Waals surface area contributed by atoms with Crippen molar-refractivity contribution in [3.63, 3.8) is 0 Å². The van der Waals surface area contributed by atoms with Crippen LogP contribution in [-0.2, 0) is 9.53 Å². The van der Waals surface area contributed by atoms with Crippen LogP contribution in [0.25, 0.3) is 0 Å². The molecular weight excluding hydrogens is 288 g/mol. The van der Waals surface area contributed by atoms with Gasteiger partial charge in [-0.2, -0.15) is 0 Å². The van der Waals surface area contributed by atoms with E-state index < -0.39 is 0 Å². The molecule has 0 aromatic rings. The van der Waals surface area contributed by atoms with Crippen LogP contribution >= 0.6 is 31.9 Å². The highest BCUT2D eigenvalue weighted by atomic mass is 79.9. The molecule has 0 aromatic carbocycles. The van der Waals surface area contributed by atoms with Gasteiger partial charge in [-0.1, -0.05) is 37.9 Å². The van der Waals surface area contributed by atoms with Gasteiger partial charge in [-0.3, -0.25) is 0 Å². The van der Waals surface area contributed by atoms with Gasteiger partial charge in [0.2, 0.25) is 0 Å². The molecule has 0 saturated carbocycles. The third kappa shape index (κ3) is 2.33. The van der Waals surface area contributed by atoms with Crippen LogP contribution < -0.4 is 0 Å². The molecule has 2 atom stereocenters. The highest BCUT2D eigenvalue weighted by molar-refractivity contribution is 9.12. The molecule has 0 saturated heterocycles. The summed E-state index contributed by atoms with van der Waals surface area (Å²) < 4.78 is 12.2. The van der Waals surface area contributed by atoms with Gasteiger partial charge >= 0.3 is 5.97 Å². The molecule has 0 aliphatic heterocycles. The number of methoxy groups -OCH3 is 1. The number of hydrogen-bond donors (Lipinski definition) is 0. The normalized spacial score (nSPS) is 31.4. The van der Waals surface area contributed by atoms with E-state index in [9.17, 15) is 4.79 Å². The minimum Gasteiger partial charge on any atom is -0.466 e. The molecule has 0 radical (unpaired) electrons. The molecule has 12 heavy (non-hydrogen) atoms. The fourth-order valence-electron chi connectivity index (χ4n) is 1.02. The Morgan fingerprint density at radius 3 is 3.00 bits per heavy atom. The maximum Gasteiger partial charge on any atom is 0.333 e. The summed E-state index contributed by atoms with van der Waals surface area (Å²) >= 11 is 6.89. The van der Waals surface area contributed by atoms with Crippen molar-refractivity contribution in [3.05, 3.63) is 11.6 Å². The van der Waals surface area contributed by atoms with Crippen LogP contribution in [0.2, 0.25) is 0 Å². The molecule has 1 aliphatic rings. The zero-order valence-corrected chi connectivity index (χ0v) is 9.81. The second-order valence-electron chi connectivity index (χ2n) is 2.59. The van der Waals surface area contributed by atoms with Crippen LogP contribution in [0.15, 0.2) is 11.6 Å². The zero-order chi connectivity index (χ0) is 10.0. The van der Waals surface area contributed by atoms with Crippen LogP contribution in [-0.4, -0.2) is 22.7 Å². The van der Waals surface area contributed by atoms with Crippen molar-refractivity contribution < 1.29 is 10.9 Å². The summed E-state index contributed by atoms with van der Waals surface area (Å²) in [5, 5.41) is 0. The van der Waals surface area contributed by atoms with Crippen molar-refractivity contribution in [1.82, 2.24) is 0 Å². The molecule has 2 nitrogen and oxygen atoms in total. The first kappa shape index (κ1) is 8.75. The van der Waals surface area contributed by atoms with Crippen molar-refractivity contribution in [2.75, 3.05) is 7.11 Å². The van der Waals surface area contributed by atoms with Crippen LogP contribution in [0, 0.1) is 0 Å². The Hall–Kier alpha value is 0.170. The molecule has 68 valence electrons. The van der Waals surface area contributed by atoms with E-state index in [1.807, 2.05) is 0 Å². The number of carbonyl (C=O) groups excluding carboxylic acids is 1. The molecule has 4 heteroatoms. The molecule has 2 unspecified atom stereocenters. The molecule has 0 amide bonds. The Morgan fingerprint density at radius 2 is 2.42 bits per heavy atom. The number of alkyl halides is 2. The highest BCUT2D eigenvalue weighted by Crippen LogP contribution is 2.29. The summed E-state index contributed by atoms with van der Waals surface area (Å²) in [6.45, 7) is 0. The molecule has 0 bridgehead atoms. The van der Waals surface area contributed by atoms with Gasteiger partial charge < -0.3 is 4.74 Å². The van der Waals surface area contributed by atoms with Crippen LogP contribution in [0.5, 0.6) is 0 Å². The van der Waals surface area contributed by atoms with E-state index in [1.165, 1.54) is 7.11 Å².